The first-order valence-electron chi connectivity index (χ1n) is 11.9. The Morgan fingerprint density at radius 3 is 2.09 bits per heavy atom. The van der Waals surface area contributed by atoms with E-state index < -0.39 is 31.1 Å². The second-order valence-corrected chi connectivity index (χ2v) is 13.4. The summed E-state index contributed by atoms with van der Waals surface area (Å²) in [4.78, 5) is 0. The molecule has 0 aliphatic heterocycles. The number of aliphatic hydroxyl groups is 1. The Balaban J connectivity index is 1.84. The maximum Gasteiger partial charge on any atom is 0.276 e. The maximum absolute atomic E-state index is 12.0. The molecule has 10 heteroatoms. The number of hydrogen-bond acceptors (Lipinski definition) is 5. The van der Waals surface area contributed by atoms with Crippen molar-refractivity contribution >= 4 is 20.2 Å². The Morgan fingerprint density at radius 2 is 1.55 bits per heavy atom. The van der Waals surface area contributed by atoms with Crippen LogP contribution in [-0.4, -0.2) is 46.8 Å². The lowest BCUT2D eigenvalue weighted by Gasteiger charge is -2.38. The van der Waals surface area contributed by atoms with E-state index in [1.165, 1.54) is 0 Å². The van der Waals surface area contributed by atoms with E-state index in [0.717, 1.165) is 30.4 Å². The minimum Gasteiger partial charge on any atom is -0.385 e. The van der Waals surface area contributed by atoms with Crippen LogP contribution in [0.5, 0.6) is 0 Å². The molecule has 190 valence electrons. The molecule has 1 aliphatic carbocycles. The maximum atomic E-state index is 12.0. The Morgan fingerprint density at radius 1 is 0.970 bits per heavy atom. The second-order valence-electron chi connectivity index (χ2n) is 9.53. The van der Waals surface area contributed by atoms with E-state index in [1.807, 2.05) is 31.2 Å². The molecule has 8 nitrogen and oxygen atoms in total. The lowest BCUT2D eigenvalue weighted by Crippen LogP contribution is -2.38. The van der Waals surface area contributed by atoms with Crippen molar-refractivity contribution in [2.75, 3.05) is 19.6 Å². The van der Waals surface area contributed by atoms with Crippen LogP contribution in [0.2, 0.25) is 0 Å². The zero-order valence-electron chi connectivity index (χ0n) is 20.3. The summed E-state index contributed by atoms with van der Waals surface area (Å²) in [5.41, 5.74) is 1.00. The largest absolute Gasteiger partial charge is 0.385 e. The summed E-state index contributed by atoms with van der Waals surface area (Å²) in [5.74, 6) is 0.579. The van der Waals surface area contributed by atoms with Crippen molar-refractivity contribution in [3.63, 3.8) is 0 Å². The third kappa shape index (κ3) is 8.60. The van der Waals surface area contributed by atoms with Crippen molar-refractivity contribution in [1.29, 1.82) is 0 Å². The minimum atomic E-state index is -3.46. The fourth-order valence-electron chi connectivity index (χ4n) is 4.16. The number of benzene rings is 1. The van der Waals surface area contributed by atoms with Crippen LogP contribution in [0.1, 0.15) is 70.9 Å². The van der Waals surface area contributed by atoms with Gasteiger partial charge in [-0.1, -0.05) is 38.1 Å². The number of nitrogens with one attached hydrogen (secondary N) is 3. The van der Waals surface area contributed by atoms with Crippen LogP contribution in [0.4, 0.5) is 0 Å². The van der Waals surface area contributed by atoms with Crippen molar-refractivity contribution in [1.82, 2.24) is 14.2 Å². The zero-order chi connectivity index (χ0) is 24.7. The molecule has 0 saturated heterocycles. The summed E-state index contributed by atoms with van der Waals surface area (Å²) < 4.78 is 55.3. The van der Waals surface area contributed by atoms with Crippen molar-refractivity contribution in [2.45, 2.75) is 77.1 Å². The minimum absolute atomic E-state index is 0.209. The zero-order valence-corrected chi connectivity index (χ0v) is 21.9. The first-order valence-corrected chi connectivity index (χ1v) is 15.0. The van der Waals surface area contributed by atoms with Gasteiger partial charge in [0, 0.05) is 19.6 Å². The van der Waals surface area contributed by atoms with Crippen LogP contribution in [0.3, 0.4) is 0 Å². The predicted molar refractivity (Wildman–Crippen MR) is 132 cm³/mol. The lowest BCUT2D eigenvalue weighted by molar-refractivity contribution is -0.0207. The SMILES string of the molecule is CCCNS(=O)(=O)NCCc1ccc(C2(O)CCC(C(C)CNS(=O)(=O)C(C)C)CC2)cc1. The van der Waals surface area contributed by atoms with Gasteiger partial charge in [0.15, 0.2) is 0 Å². The first-order chi connectivity index (χ1) is 15.4. The summed E-state index contributed by atoms with van der Waals surface area (Å²) in [6, 6.07) is 7.74. The molecule has 0 spiro atoms. The van der Waals surface area contributed by atoms with E-state index in [-0.39, 0.29) is 5.92 Å². The molecule has 2 rings (SSSR count). The van der Waals surface area contributed by atoms with Crippen LogP contribution in [0, 0.1) is 11.8 Å². The van der Waals surface area contributed by atoms with Crippen molar-refractivity contribution in [2.24, 2.45) is 11.8 Å². The van der Waals surface area contributed by atoms with Crippen LogP contribution in [0.25, 0.3) is 0 Å². The van der Waals surface area contributed by atoms with Crippen molar-refractivity contribution < 1.29 is 21.9 Å². The molecular weight excluding hydrogens is 462 g/mol. The Bertz CT molecular complexity index is 939. The Hall–Kier alpha value is -1.04. The molecule has 33 heavy (non-hydrogen) atoms. The second kappa shape index (κ2) is 12.1. The van der Waals surface area contributed by atoms with Crippen LogP contribution in [-0.2, 0) is 32.3 Å². The van der Waals surface area contributed by atoms with Gasteiger partial charge >= 0.3 is 0 Å². The van der Waals surface area contributed by atoms with Gasteiger partial charge in [-0.3, -0.25) is 0 Å². The van der Waals surface area contributed by atoms with Gasteiger partial charge in [-0.2, -0.15) is 8.42 Å². The number of sulfonamides is 1. The first kappa shape index (κ1) is 28.2. The van der Waals surface area contributed by atoms with Crippen LogP contribution >= 0.6 is 0 Å². The quantitative estimate of drug-likeness (QED) is 0.329. The van der Waals surface area contributed by atoms with Gasteiger partial charge in [-0.15, -0.1) is 0 Å². The lowest BCUT2D eigenvalue weighted by atomic mass is 9.71. The highest BCUT2D eigenvalue weighted by atomic mass is 32.2. The molecule has 1 aromatic carbocycles. The summed E-state index contributed by atoms with van der Waals surface area (Å²) in [6.45, 7) is 8.46. The summed E-state index contributed by atoms with van der Waals surface area (Å²) in [5, 5.41) is 10.8. The summed E-state index contributed by atoms with van der Waals surface area (Å²) >= 11 is 0. The molecule has 0 heterocycles. The van der Waals surface area contributed by atoms with Crippen molar-refractivity contribution in [3.8, 4) is 0 Å². The summed E-state index contributed by atoms with van der Waals surface area (Å²) in [7, 11) is -6.72. The predicted octanol–water partition coefficient (Wildman–Crippen LogP) is 2.40. The van der Waals surface area contributed by atoms with Crippen LogP contribution < -0.4 is 14.2 Å². The molecule has 4 N–H and O–H groups in total. The van der Waals surface area contributed by atoms with E-state index in [2.05, 4.69) is 21.1 Å². The van der Waals surface area contributed by atoms with Gasteiger partial charge < -0.3 is 5.11 Å². The van der Waals surface area contributed by atoms with Crippen LogP contribution in [0.15, 0.2) is 24.3 Å². The highest BCUT2D eigenvalue weighted by Crippen LogP contribution is 2.41. The number of hydrogen-bond donors (Lipinski definition) is 4. The van der Waals surface area contributed by atoms with E-state index >= 15 is 0 Å². The molecule has 1 unspecified atom stereocenters. The molecule has 0 amide bonds. The monoisotopic (exact) mass is 503 g/mol. The average Bonchev–Trinajstić information content (AvgIpc) is 2.77. The molecular formula is C23H41N3O5S2. The summed E-state index contributed by atoms with van der Waals surface area (Å²) in [6.07, 6.45) is 4.27. The molecule has 0 aromatic heterocycles. The van der Waals surface area contributed by atoms with E-state index in [0.29, 0.717) is 44.8 Å². The number of rotatable bonds is 13. The molecule has 0 bridgehead atoms. The fraction of sp³-hybridized carbons (Fsp3) is 0.739. The molecule has 1 fully saturated rings. The van der Waals surface area contributed by atoms with Gasteiger partial charge in [0.25, 0.3) is 10.2 Å². The molecule has 1 saturated carbocycles. The van der Waals surface area contributed by atoms with Gasteiger partial charge in [0.05, 0.1) is 10.9 Å². The average molecular weight is 504 g/mol. The topological polar surface area (TPSA) is 125 Å². The normalized spacial score (nSPS) is 23.0. The highest BCUT2D eigenvalue weighted by Gasteiger charge is 2.36. The Labute approximate surface area is 200 Å². The van der Waals surface area contributed by atoms with Gasteiger partial charge in [-0.05, 0) is 75.3 Å². The molecule has 0 radical (unpaired) electrons. The molecule has 1 aliphatic rings. The Kier molecular flexibility index (Phi) is 10.3. The third-order valence-corrected chi connectivity index (χ3v) is 9.61. The van der Waals surface area contributed by atoms with Gasteiger partial charge in [0.1, 0.15) is 0 Å². The third-order valence-electron chi connectivity index (χ3n) is 6.63. The van der Waals surface area contributed by atoms with Gasteiger partial charge in [0.2, 0.25) is 10.0 Å². The van der Waals surface area contributed by atoms with Crippen molar-refractivity contribution in [3.05, 3.63) is 35.4 Å². The fourth-order valence-corrected chi connectivity index (χ4v) is 5.93. The van der Waals surface area contributed by atoms with E-state index in [4.69, 9.17) is 0 Å². The molecule has 1 aromatic rings. The van der Waals surface area contributed by atoms with E-state index in [9.17, 15) is 21.9 Å². The molecule has 1 atom stereocenters. The smallest absolute Gasteiger partial charge is 0.276 e. The van der Waals surface area contributed by atoms with Gasteiger partial charge in [-0.25, -0.2) is 22.6 Å². The van der Waals surface area contributed by atoms with E-state index in [1.54, 1.807) is 13.8 Å². The standard InChI is InChI=1S/C23H41N3O5S2/c1-5-15-24-33(30,31)25-16-12-20-6-8-22(9-7-20)23(27)13-10-21(11-14-23)19(4)17-26-32(28,29)18(2)3/h6-9,18-19,21,24-27H,5,10-17H2,1-4H3. The highest BCUT2D eigenvalue weighted by molar-refractivity contribution is 7.90.